The molecular formula is C30H19NO2S. The molecule has 0 bridgehead atoms. The minimum Gasteiger partial charge on any atom is -0.450 e. The van der Waals surface area contributed by atoms with E-state index in [1.807, 2.05) is 53.8 Å². The SMILES string of the molecule is c1ccc(-c2ccc3c(c2)sc2ccc(Nc4ccc5c(c4)Oc4ccccc4O5)cc23)cc1. The monoisotopic (exact) mass is 457 g/mol. The largest absolute Gasteiger partial charge is 0.450 e. The van der Waals surface area contributed by atoms with Gasteiger partial charge >= 0.3 is 0 Å². The normalized spacial score (nSPS) is 12.0. The molecule has 3 nitrogen and oxygen atoms in total. The maximum absolute atomic E-state index is 6.06. The van der Waals surface area contributed by atoms with Crippen LogP contribution in [-0.4, -0.2) is 0 Å². The predicted octanol–water partition coefficient (Wildman–Crippen LogP) is 9.36. The molecule has 0 unspecified atom stereocenters. The van der Waals surface area contributed by atoms with Crippen LogP contribution in [0.4, 0.5) is 11.4 Å². The molecule has 0 atom stereocenters. The Morgan fingerprint density at radius 3 is 2.03 bits per heavy atom. The van der Waals surface area contributed by atoms with Gasteiger partial charge in [-0.15, -0.1) is 11.3 Å². The van der Waals surface area contributed by atoms with Crippen molar-refractivity contribution >= 4 is 42.9 Å². The van der Waals surface area contributed by atoms with E-state index in [1.54, 1.807) is 0 Å². The van der Waals surface area contributed by atoms with Gasteiger partial charge in [0.25, 0.3) is 0 Å². The lowest BCUT2D eigenvalue weighted by Crippen LogP contribution is -1.99. The number of para-hydroxylation sites is 2. The molecule has 162 valence electrons. The van der Waals surface area contributed by atoms with Crippen LogP contribution < -0.4 is 14.8 Å². The van der Waals surface area contributed by atoms with Crippen molar-refractivity contribution in [1.29, 1.82) is 0 Å². The van der Waals surface area contributed by atoms with Gasteiger partial charge in [0, 0.05) is 37.6 Å². The molecule has 0 spiro atoms. The van der Waals surface area contributed by atoms with Crippen molar-refractivity contribution in [2.45, 2.75) is 0 Å². The Morgan fingerprint density at radius 1 is 0.471 bits per heavy atom. The number of ether oxygens (including phenoxy) is 2. The van der Waals surface area contributed by atoms with Gasteiger partial charge in [0.15, 0.2) is 23.0 Å². The fourth-order valence-electron chi connectivity index (χ4n) is 4.44. The lowest BCUT2D eigenvalue weighted by molar-refractivity contribution is 0.360. The molecule has 34 heavy (non-hydrogen) atoms. The van der Waals surface area contributed by atoms with Crippen LogP contribution in [0, 0.1) is 0 Å². The summed E-state index contributed by atoms with van der Waals surface area (Å²) in [6, 6.07) is 37.5. The Kier molecular flexibility index (Phi) is 4.32. The van der Waals surface area contributed by atoms with E-state index < -0.39 is 0 Å². The molecular weight excluding hydrogens is 438 g/mol. The minimum atomic E-state index is 0.708. The summed E-state index contributed by atoms with van der Waals surface area (Å²) >= 11 is 1.83. The third-order valence-corrected chi connectivity index (χ3v) is 7.23. The zero-order valence-electron chi connectivity index (χ0n) is 18.1. The van der Waals surface area contributed by atoms with Crippen molar-refractivity contribution in [3.8, 4) is 34.1 Å². The third kappa shape index (κ3) is 3.28. The van der Waals surface area contributed by atoms with Crippen LogP contribution in [0.5, 0.6) is 23.0 Å². The maximum Gasteiger partial charge on any atom is 0.172 e. The van der Waals surface area contributed by atoms with Crippen LogP contribution in [0.1, 0.15) is 0 Å². The number of anilines is 2. The second kappa shape index (κ2) is 7.65. The van der Waals surface area contributed by atoms with E-state index in [9.17, 15) is 0 Å². The van der Waals surface area contributed by atoms with Crippen LogP contribution in [-0.2, 0) is 0 Å². The molecule has 4 heteroatoms. The van der Waals surface area contributed by atoms with Crippen LogP contribution in [0.25, 0.3) is 31.3 Å². The van der Waals surface area contributed by atoms with Crippen LogP contribution in [0.3, 0.4) is 0 Å². The van der Waals surface area contributed by atoms with Crippen molar-refractivity contribution in [1.82, 2.24) is 0 Å². The number of nitrogens with one attached hydrogen (secondary N) is 1. The molecule has 1 aliphatic heterocycles. The summed E-state index contributed by atoms with van der Waals surface area (Å²) < 4.78 is 14.6. The molecule has 0 saturated carbocycles. The Bertz CT molecular complexity index is 1690. The summed E-state index contributed by atoms with van der Waals surface area (Å²) in [5.41, 5.74) is 4.48. The number of hydrogen-bond acceptors (Lipinski definition) is 4. The lowest BCUT2D eigenvalue weighted by Gasteiger charge is -2.21. The zero-order chi connectivity index (χ0) is 22.5. The summed E-state index contributed by atoms with van der Waals surface area (Å²) in [7, 11) is 0. The quantitative estimate of drug-likeness (QED) is 0.287. The van der Waals surface area contributed by atoms with Gasteiger partial charge in [-0.25, -0.2) is 0 Å². The first-order valence-electron chi connectivity index (χ1n) is 11.2. The van der Waals surface area contributed by atoms with E-state index in [2.05, 4.69) is 72.0 Å². The highest BCUT2D eigenvalue weighted by atomic mass is 32.1. The summed E-state index contributed by atoms with van der Waals surface area (Å²) in [6.45, 7) is 0. The molecule has 0 aliphatic carbocycles. The number of benzene rings is 5. The van der Waals surface area contributed by atoms with Gasteiger partial charge in [0.1, 0.15) is 0 Å². The average Bonchev–Trinajstić information content (AvgIpc) is 3.25. The molecule has 2 heterocycles. The Hall–Kier alpha value is -4.28. The van der Waals surface area contributed by atoms with Gasteiger partial charge < -0.3 is 14.8 Å². The van der Waals surface area contributed by atoms with E-state index in [4.69, 9.17) is 9.47 Å². The molecule has 5 aromatic carbocycles. The molecule has 0 radical (unpaired) electrons. The summed E-state index contributed by atoms with van der Waals surface area (Å²) in [4.78, 5) is 0. The van der Waals surface area contributed by atoms with Crippen molar-refractivity contribution in [3.63, 3.8) is 0 Å². The topological polar surface area (TPSA) is 30.5 Å². The van der Waals surface area contributed by atoms with E-state index in [-0.39, 0.29) is 0 Å². The second-order valence-corrected chi connectivity index (χ2v) is 9.41. The molecule has 1 aromatic heterocycles. The lowest BCUT2D eigenvalue weighted by atomic mass is 10.0. The fourth-order valence-corrected chi connectivity index (χ4v) is 5.56. The first-order chi connectivity index (χ1) is 16.8. The highest BCUT2D eigenvalue weighted by Crippen LogP contribution is 2.46. The Morgan fingerprint density at radius 2 is 1.18 bits per heavy atom. The highest BCUT2D eigenvalue weighted by Gasteiger charge is 2.18. The summed E-state index contributed by atoms with van der Waals surface area (Å²) in [5.74, 6) is 2.89. The average molecular weight is 458 g/mol. The minimum absolute atomic E-state index is 0.708. The molecule has 0 fully saturated rings. The molecule has 0 amide bonds. The smallest absolute Gasteiger partial charge is 0.172 e. The number of rotatable bonds is 3. The van der Waals surface area contributed by atoms with Crippen LogP contribution in [0.15, 0.2) is 109 Å². The van der Waals surface area contributed by atoms with Crippen molar-refractivity contribution < 1.29 is 9.47 Å². The maximum atomic E-state index is 6.06. The fraction of sp³-hybridized carbons (Fsp3) is 0. The van der Waals surface area contributed by atoms with Crippen LogP contribution >= 0.6 is 11.3 Å². The Labute approximate surface area is 200 Å². The second-order valence-electron chi connectivity index (χ2n) is 8.33. The molecule has 6 aromatic rings. The summed E-state index contributed by atoms with van der Waals surface area (Å²) in [5, 5.41) is 6.07. The van der Waals surface area contributed by atoms with Crippen molar-refractivity contribution in [2.24, 2.45) is 0 Å². The third-order valence-electron chi connectivity index (χ3n) is 6.10. The van der Waals surface area contributed by atoms with Gasteiger partial charge in [0.2, 0.25) is 0 Å². The molecule has 7 rings (SSSR count). The van der Waals surface area contributed by atoms with Gasteiger partial charge in [-0.05, 0) is 59.7 Å². The van der Waals surface area contributed by atoms with Gasteiger partial charge in [0.05, 0.1) is 0 Å². The van der Waals surface area contributed by atoms with Crippen molar-refractivity contribution in [2.75, 3.05) is 5.32 Å². The van der Waals surface area contributed by atoms with Gasteiger partial charge in [-0.1, -0.05) is 54.6 Å². The van der Waals surface area contributed by atoms with E-state index in [0.717, 1.165) is 28.6 Å². The number of fused-ring (bicyclic) bond motifs is 5. The number of thiophene rings is 1. The first-order valence-corrected chi connectivity index (χ1v) is 12.0. The molecule has 0 saturated heterocycles. The van der Waals surface area contributed by atoms with Crippen molar-refractivity contribution in [3.05, 3.63) is 109 Å². The first kappa shape index (κ1) is 19.2. The van der Waals surface area contributed by atoms with E-state index >= 15 is 0 Å². The summed E-state index contributed by atoms with van der Waals surface area (Å²) in [6.07, 6.45) is 0. The van der Waals surface area contributed by atoms with E-state index in [1.165, 1.54) is 31.3 Å². The van der Waals surface area contributed by atoms with Gasteiger partial charge in [-0.2, -0.15) is 0 Å². The highest BCUT2D eigenvalue weighted by molar-refractivity contribution is 7.25. The predicted molar refractivity (Wildman–Crippen MR) is 141 cm³/mol. The zero-order valence-corrected chi connectivity index (χ0v) is 18.9. The molecule has 1 aliphatic rings. The molecule has 1 N–H and O–H groups in total. The van der Waals surface area contributed by atoms with Crippen LogP contribution in [0.2, 0.25) is 0 Å². The Balaban J connectivity index is 1.21. The van der Waals surface area contributed by atoms with E-state index in [0.29, 0.717) is 5.75 Å². The van der Waals surface area contributed by atoms with Gasteiger partial charge in [-0.3, -0.25) is 0 Å². The number of hydrogen-bond donors (Lipinski definition) is 1. The standard InChI is InChI=1S/C30H19NO2S/c1-2-6-19(7-3-1)20-10-13-23-24-17-21(12-15-29(24)34-30(23)16-20)31-22-11-14-27-28(18-22)33-26-9-5-4-8-25(26)32-27/h1-18,31H.